The Bertz CT molecular complexity index is 357. The monoisotopic (exact) mass is 234 g/mol. The van der Waals surface area contributed by atoms with Gasteiger partial charge in [0.1, 0.15) is 18.0 Å². The second-order valence-electron chi connectivity index (χ2n) is 3.27. The summed E-state index contributed by atoms with van der Waals surface area (Å²) < 4.78 is 13.0. The van der Waals surface area contributed by atoms with E-state index < -0.39 is 24.6 Å². The molecule has 3 N–H and O–H groups in total. The lowest BCUT2D eigenvalue weighted by Gasteiger charge is -2.18. The SMILES string of the molecule is Cc1c(F)ccc(C(O)C(O)CO)c1Cl. The molecule has 0 aromatic heterocycles. The molecule has 0 amide bonds. The molecule has 1 aromatic rings. The van der Waals surface area contributed by atoms with Crippen LogP contribution in [0.3, 0.4) is 0 Å². The zero-order chi connectivity index (χ0) is 11.6. The maximum absolute atomic E-state index is 13.0. The maximum atomic E-state index is 13.0. The molecular weight excluding hydrogens is 223 g/mol. The van der Waals surface area contributed by atoms with Crippen LogP contribution >= 0.6 is 11.6 Å². The van der Waals surface area contributed by atoms with Gasteiger partial charge in [0.2, 0.25) is 0 Å². The van der Waals surface area contributed by atoms with Gasteiger partial charge in [-0.05, 0) is 13.0 Å². The van der Waals surface area contributed by atoms with Crippen molar-refractivity contribution in [1.29, 1.82) is 0 Å². The van der Waals surface area contributed by atoms with Gasteiger partial charge in [-0.2, -0.15) is 0 Å². The van der Waals surface area contributed by atoms with Crippen molar-refractivity contribution in [2.45, 2.75) is 19.1 Å². The average Bonchev–Trinajstić information content (AvgIpc) is 2.24. The van der Waals surface area contributed by atoms with Gasteiger partial charge in [0.25, 0.3) is 0 Å². The lowest BCUT2D eigenvalue weighted by atomic mass is 10.0. The van der Waals surface area contributed by atoms with Gasteiger partial charge in [0.05, 0.1) is 11.6 Å². The predicted octanol–water partition coefficient (Wildman–Crippen LogP) is 1.17. The van der Waals surface area contributed by atoms with E-state index in [0.29, 0.717) is 0 Å². The van der Waals surface area contributed by atoms with Gasteiger partial charge in [-0.15, -0.1) is 0 Å². The number of halogens is 2. The van der Waals surface area contributed by atoms with Gasteiger partial charge in [0.15, 0.2) is 0 Å². The van der Waals surface area contributed by atoms with Crippen molar-refractivity contribution in [3.05, 3.63) is 34.1 Å². The minimum atomic E-state index is -1.33. The highest BCUT2D eigenvalue weighted by Gasteiger charge is 2.21. The number of hydrogen-bond donors (Lipinski definition) is 3. The molecule has 1 aromatic carbocycles. The van der Waals surface area contributed by atoms with Crippen LogP contribution in [0.4, 0.5) is 4.39 Å². The minimum Gasteiger partial charge on any atom is -0.394 e. The van der Waals surface area contributed by atoms with Gasteiger partial charge in [-0.1, -0.05) is 17.7 Å². The van der Waals surface area contributed by atoms with Crippen molar-refractivity contribution >= 4 is 11.6 Å². The van der Waals surface area contributed by atoms with E-state index in [1.807, 2.05) is 0 Å². The second-order valence-corrected chi connectivity index (χ2v) is 3.65. The number of rotatable bonds is 3. The van der Waals surface area contributed by atoms with Crippen LogP contribution in [0.1, 0.15) is 17.2 Å². The van der Waals surface area contributed by atoms with E-state index in [4.69, 9.17) is 16.7 Å². The molecule has 0 spiro atoms. The Morgan fingerprint density at radius 2 is 2.00 bits per heavy atom. The van der Waals surface area contributed by atoms with Gasteiger partial charge < -0.3 is 15.3 Å². The van der Waals surface area contributed by atoms with Gasteiger partial charge in [-0.3, -0.25) is 0 Å². The van der Waals surface area contributed by atoms with Crippen LogP contribution in [0.25, 0.3) is 0 Å². The maximum Gasteiger partial charge on any atom is 0.127 e. The molecule has 0 aliphatic carbocycles. The first-order chi connectivity index (χ1) is 6.99. The number of hydrogen-bond acceptors (Lipinski definition) is 3. The minimum absolute atomic E-state index is 0.0648. The van der Waals surface area contributed by atoms with Crippen molar-refractivity contribution in [3.8, 4) is 0 Å². The van der Waals surface area contributed by atoms with E-state index in [2.05, 4.69) is 0 Å². The fraction of sp³-hybridized carbons (Fsp3) is 0.400. The third-order valence-electron chi connectivity index (χ3n) is 2.22. The van der Waals surface area contributed by atoms with E-state index in [0.717, 1.165) is 6.07 Å². The van der Waals surface area contributed by atoms with Crippen molar-refractivity contribution in [2.75, 3.05) is 6.61 Å². The standard InChI is InChI=1S/C10H12ClFO3/c1-5-7(12)3-2-6(9(5)11)10(15)8(14)4-13/h2-3,8,10,13-15H,4H2,1H3. The Hall–Kier alpha value is -0.680. The van der Waals surface area contributed by atoms with Gasteiger partial charge in [-0.25, -0.2) is 4.39 Å². The molecule has 1 rings (SSSR count). The highest BCUT2D eigenvalue weighted by atomic mass is 35.5. The van der Waals surface area contributed by atoms with Crippen molar-refractivity contribution < 1.29 is 19.7 Å². The molecule has 2 unspecified atom stereocenters. The molecule has 0 heterocycles. The Labute approximate surface area is 91.7 Å². The van der Waals surface area contributed by atoms with E-state index in [9.17, 15) is 14.6 Å². The Balaban J connectivity index is 3.10. The fourth-order valence-corrected chi connectivity index (χ4v) is 1.48. The van der Waals surface area contributed by atoms with Crippen LogP contribution in [0.2, 0.25) is 5.02 Å². The lowest BCUT2D eigenvalue weighted by molar-refractivity contribution is -0.0152. The highest BCUT2D eigenvalue weighted by Crippen LogP contribution is 2.29. The van der Waals surface area contributed by atoms with E-state index in [-0.39, 0.29) is 16.1 Å². The molecule has 0 saturated carbocycles. The average molecular weight is 235 g/mol. The van der Waals surface area contributed by atoms with Crippen LogP contribution in [-0.2, 0) is 0 Å². The summed E-state index contributed by atoms with van der Waals surface area (Å²) >= 11 is 5.80. The fourth-order valence-electron chi connectivity index (χ4n) is 1.22. The molecule has 5 heteroatoms. The summed E-state index contributed by atoms with van der Waals surface area (Å²) in [6, 6.07) is 2.44. The highest BCUT2D eigenvalue weighted by molar-refractivity contribution is 6.32. The number of aliphatic hydroxyl groups excluding tert-OH is 3. The predicted molar refractivity (Wildman–Crippen MR) is 54.2 cm³/mol. The second kappa shape index (κ2) is 4.90. The lowest BCUT2D eigenvalue weighted by Crippen LogP contribution is -2.22. The first-order valence-corrected chi connectivity index (χ1v) is 4.78. The summed E-state index contributed by atoms with van der Waals surface area (Å²) in [4.78, 5) is 0. The molecule has 2 atom stereocenters. The summed E-state index contributed by atoms with van der Waals surface area (Å²) in [5.74, 6) is -0.477. The summed E-state index contributed by atoms with van der Waals surface area (Å²) in [7, 11) is 0. The summed E-state index contributed by atoms with van der Waals surface area (Å²) in [5, 5.41) is 27.5. The van der Waals surface area contributed by atoms with Crippen molar-refractivity contribution in [3.63, 3.8) is 0 Å². The summed E-state index contributed by atoms with van der Waals surface area (Å²) in [6.07, 6.45) is -2.64. The Morgan fingerprint density at radius 3 is 2.53 bits per heavy atom. The molecule has 0 aliphatic heterocycles. The first-order valence-electron chi connectivity index (χ1n) is 4.40. The van der Waals surface area contributed by atoms with E-state index in [1.54, 1.807) is 0 Å². The molecule has 0 aliphatic rings. The Kier molecular flexibility index (Phi) is 4.04. The number of benzene rings is 1. The third kappa shape index (κ3) is 2.46. The van der Waals surface area contributed by atoms with Crippen LogP contribution in [-0.4, -0.2) is 28.0 Å². The van der Waals surface area contributed by atoms with E-state index >= 15 is 0 Å². The topological polar surface area (TPSA) is 60.7 Å². The zero-order valence-corrected chi connectivity index (χ0v) is 8.87. The molecule has 84 valence electrons. The molecular formula is C10H12ClFO3. The van der Waals surface area contributed by atoms with Crippen LogP contribution < -0.4 is 0 Å². The molecule has 0 saturated heterocycles. The van der Waals surface area contributed by atoms with Gasteiger partial charge in [0, 0.05) is 11.1 Å². The normalized spacial score (nSPS) is 15.1. The van der Waals surface area contributed by atoms with Crippen LogP contribution in [0.5, 0.6) is 0 Å². The van der Waals surface area contributed by atoms with Crippen LogP contribution in [0, 0.1) is 12.7 Å². The third-order valence-corrected chi connectivity index (χ3v) is 2.72. The molecule has 0 radical (unpaired) electrons. The quantitative estimate of drug-likeness (QED) is 0.736. The van der Waals surface area contributed by atoms with Gasteiger partial charge >= 0.3 is 0 Å². The Morgan fingerprint density at radius 1 is 1.40 bits per heavy atom. The van der Waals surface area contributed by atoms with Crippen molar-refractivity contribution in [2.24, 2.45) is 0 Å². The smallest absolute Gasteiger partial charge is 0.127 e. The largest absolute Gasteiger partial charge is 0.394 e. The first kappa shape index (κ1) is 12.4. The molecule has 3 nitrogen and oxygen atoms in total. The molecule has 0 fully saturated rings. The van der Waals surface area contributed by atoms with E-state index in [1.165, 1.54) is 13.0 Å². The summed E-state index contributed by atoms with van der Waals surface area (Å²) in [6.45, 7) is 0.882. The van der Waals surface area contributed by atoms with Crippen LogP contribution in [0.15, 0.2) is 12.1 Å². The summed E-state index contributed by atoms with van der Waals surface area (Å²) in [5.41, 5.74) is 0.412. The molecule has 15 heavy (non-hydrogen) atoms. The number of aliphatic hydroxyl groups is 3. The molecule has 0 bridgehead atoms. The zero-order valence-electron chi connectivity index (χ0n) is 8.11. The van der Waals surface area contributed by atoms with Crippen molar-refractivity contribution in [1.82, 2.24) is 0 Å².